The molecule has 0 unspecified atom stereocenters. The fraction of sp³-hybridized carbons (Fsp3) is 0.588. The molecule has 132 valence electrons. The molecule has 0 aliphatic carbocycles. The van der Waals surface area contributed by atoms with Gasteiger partial charge < -0.3 is 15.0 Å². The monoisotopic (exact) mass is 335 g/mol. The molecule has 0 spiro atoms. The molecule has 0 aromatic heterocycles. The lowest BCUT2D eigenvalue weighted by molar-refractivity contribution is -0.384. The van der Waals surface area contributed by atoms with Crippen LogP contribution in [0.2, 0.25) is 0 Å². The van der Waals surface area contributed by atoms with Crippen LogP contribution in [0, 0.1) is 10.1 Å². The summed E-state index contributed by atoms with van der Waals surface area (Å²) in [5, 5.41) is 14.2. The number of ether oxygens (including phenoxy) is 1. The van der Waals surface area contributed by atoms with E-state index in [9.17, 15) is 14.9 Å². The van der Waals surface area contributed by atoms with Gasteiger partial charge in [-0.25, -0.2) is 0 Å². The van der Waals surface area contributed by atoms with Gasteiger partial charge in [0.25, 0.3) is 11.6 Å². The van der Waals surface area contributed by atoms with E-state index in [-0.39, 0.29) is 11.6 Å². The van der Waals surface area contributed by atoms with Crippen molar-refractivity contribution in [3.63, 3.8) is 0 Å². The summed E-state index contributed by atoms with van der Waals surface area (Å²) in [7, 11) is 0. The fourth-order valence-corrected chi connectivity index (χ4v) is 2.84. The number of nitrogens with zero attached hydrogens (tertiary/aromatic N) is 2. The standard InChI is InChI=1S/C17H25N3O4/c1-2-24-12-6-9-18-17(21)14-7-8-15(16(13-14)20(22)23)19-10-4-3-5-11-19/h7-8,13H,2-6,9-12H2,1H3,(H,18,21). The molecule has 2 rings (SSSR count). The second-order valence-electron chi connectivity index (χ2n) is 5.81. The average molecular weight is 335 g/mol. The van der Waals surface area contributed by atoms with Crippen molar-refractivity contribution < 1.29 is 14.5 Å². The van der Waals surface area contributed by atoms with Gasteiger partial charge in [0.05, 0.1) is 4.92 Å². The van der Waals surface area contributed by atoms with Gasteiger partial charge in [-0.05, 0) is 44.7 Å². The first-order valence-corrected chi connectivity index (χ1v) is 8.52. The molecule has 1 heterocycles. The van der Waals surface area contributed by atoms with Crippen molar-refractivity contribution in [2.45, 2.75) is 32.6 Å². The van der Waals surface area contributed by atoms with Crippen LogP contribution in [-0.2, 0) is 4.74 Å². The Morgan fingerprint density at radius 1 is 1.33 bits per heavy atom. The number of amides is 1. The molecule has 1 aliphatic rings. The number of carbonyl (C=O) groups is 1. The van der Waals surface area contributed by atoms with Crippen molar-refractivity contribution in [3.05, 3.63) is 33.9 Å². The van der Waals surface area contributed by atoms with E-state index in [1.165, 1.54) is 6.07 Å². The van der Waals surface area contributed by atoms with E-state index >= 15 is 0 Å². The van der Waals surface area contributed by atoms with Gasteiger partial charge in [-0.15, -0.1) is 0 Å². The number of nitro benzene ring substituents is 1. The summed E-state index contributed by atoms with van der Waals surface area (Å²) in [6.45, 7) is 5.29. The van der Waals surface area contributed by atoms with Gasteiger partial charge in [-0.2, -0.15) is 0 Å². The topological polar surface area (TPSA) is 84.7 Å². The van der Waals surface area contributed by atoms with Crippen LogP contribution in [0.3, 0.4) is 0 Å². The second kappa shape index (κ2) is 9.22. The Labute approximate surface area is 142 Å². The van der Waals surface area contributed by atoms with Crippen LogP contribution in [0.1, 0.15) is 43.0 Å². The van der Waals surface area contributed by atoms with Crippen molar-refractivity contribution in [3.8, 4) is 0 Å². The van der Waals surface area contributed by atoms with Gasteiger partial charge in [-0.1, -0.05) is 0 Å². The predicted molar refractivity (Wildman–Crippen MR) is 92.6 cm³/mol. The van der Waals surface area contributed by atoms with Gasteiger partial charge in [0.15, 0.2) is 0 Å². The van der Waals surface area contributed by atoms with Crippen molar-refractivity contribution in [2.24, 2.45) is 0 Å². The Hall–Kier alpha value is -2.15. The number of carbonyl (C=O) groups excluding carboxylic acids is 1. The molecule has 1 N–H and O–H groups in total. The van der Waals surface area contributed by atoms with Gasteiger partial charge in [-0.3, -0.25) is 14.9 Å². The minimum absolute atomic E-state index is 0.00105. The van der Waals surface area contributed by atoms with Crippen LogP contribution in [0.5, 0.6) is 0 Å². The molecule has 1 amide bonds. The van der Waals surface area contributed by atoms with E-state index in [1.807, 2.05) is 11.8 Å². The molecule has 0 atom stereocenters. The Kier molecular flexibility index (Phi) is 6.99. The normalized spacial score (nSPS) is 14.5. The van der Waals surface area contributed by atoms with Crippen molar-refractivity contribution in [1.29, 1.82) is 0 Å². The number of anilines is 1. The Balaban J connectivity index is 2.04. The van der Waals surface area contributed by atoms with Gasteiger partial charge in [0.1, 0.15) is 5.69 Å². The van der Waals surface area contributed by atoms with E-state index in [4.69, 9.17) is 4.74 Å². The summed E-state index contributed by atoms with van der Waals surface area (Å²) < 4.78 is 5.21. The number of hydrogen-bond donors (Lipinski definition) is 1. The van der Waals surface area contributed by atoms with Crippen LogP contribution in [0.15, 0.2) is 18.2 Å². The zero-order valence-corrected chi connectivity index (χ0v) is 14.1. The van der Waals surface area contributed by atoms with E-state index in [1.54, 1.807) is 12.1 Å². The van der Waals surface area contributed by atoms with Crippen LogP contribution >= 0.6 is 0 Å². The average Bonchev–Trinajstić information content (AvgIpc) is 2.61. The summed E-state index contributed by atoms with van der Waals surface area (Å²) in [4.78, 5) is 25.2. The molecule has 0 bridgehead atoms. The third-order valence-electron chi connectivity index (χ3n) is 4.09. The van der Waals surface area contributed by atoms with E-state index < -0.39 is 4.92 Å². The molecule has 1 aliphatic heterocycles. The molecule has 7 nitrogen and oxygen atoms in total. The lowest BCUT2D eigenvalue weighted by Crippen LogP contribution is -2.30. The molecular weight excluding hydrogens is 310 g/mol. The molecule has 24 heavy (non-hydrogen) atoms. The molecule has 0 saturated carbocycles. The quantitative estimate of drug-likeness (QED) is 0.448. The molecule has 0 radical (unpaired) electrons. The van der Waals surface area contributed by atoms with Gasteiger partial charge >= 0.3 is 0 Å². The SMILES string of the molecule is CCOCCCNC(=O)c1ccc(N2CCCCC2)c([N+](=O)[O-])c1. The van der Waals surface area contributed by atoms with E-state index in [0.717, 1.165) is 32.4 Å². The molecule has 1 aromatic carbocycles. The lowest BCUT2D eigenvalue weighted by Gasteiger charge is -2.28. The molecular formula is C17H25N3O4. The maximum atomic E-state index is 12.2. The predicted octanol–water partition coefficient (Wildman–Crippen LogP) is 2.74. The number of rotatable bonds is 8. The highest BCUT2D eigenvalue weighted by atomic mass is 16.6. The highest BCUT2D eigenvalue weighted by Crippen LogP contribution is 2.31. The largest absolute Gasteiger partial charge is 0.382 e. The summed E-state index contributed by atoms with van der Waals surface area (Å²) in [5.74, 6) is -0.292. The third kappa shape index (κ3) is 4.92. The highest BCUT2D eigenvalue weighted by Gasteiger charge is 2.22. The summed E-state index contributed by atoms with van der Waals surface area (Å²) in [6, 6.07) is 4.73. The minimum Gasteiger partial charge on any atom is -0.382 e. The summed E-state index contributed by atoms with van der Waals surface area (Å²) in [5.41, 5.74) is 0.922. The third-order valence-corrected chi connectivity index (χ3v) is 4.09. The minimum atomic E-state index is -0.407. The lowest BCUT2D eigenvalue weighted by atomic mass is 10.1. The number of benzene rings is 1. The highest BCUT2D eigenvalue weighted by molar-refractivity contribution is 5.95. The fourth-order valence-electron chi connectivity index (χ4n) is 2.84. The zero-order valence-electron chi connectivity index (χ0n) is 14.1. The smallest absolute Gasteiger partial charge is 0.293 e. The molecule has 1 aromatic rings. The zero-order chi connectivity index (χ0) is 17.4. The number of nitro groups is 1. The Morgan fingerprint density at radius 3 is 2.75 bits per heavy atom. The maximum absolute atomic E-state index is 12.2. The van der Waals surface area contributed by atoms with E-state index in [0.29, 0.717) is 37.4 Å². The Bertz CT molecular complexity index is 571. The first kappa shape index (κ1) is 18.2. The van der Waals surface area contributed by atoms with Crippen LogP contribution in [0.25, 0.3) is 0 Å². The van der Waals surface area contributed by atoms with Gasteiger partial charge in [0, 0.05) is 44.5 Å². The summed E-state index contributed by atoms with van der Waals surface area (Å²) in [6.07, 6.45) is 3.96. The Morgan fingerprint density at radius 2 is 2.08 bits per heavy atom. The maximum Gasteiger partial charge on any atom is 0.293 e. The molecule has 1 fully saturated rings. The van der Waals surface area contributed by atoms with Gasteiger partial charge in [0.2, 0.25) is 0 Å². The molecule has 1 saturated heterocycles. The van der Waals surface area contributed by atoms with Crippen molar-refractivity contribution in [1.82, 2.24) is 5.32 Å². The summed E-state index contributed by atoms with van der Waals surface area (Å²) >= 11 is 0. The van der Waals surface area contributed by atoms with Crippen molar-refractivity contribution >= 4 is 17.3 Å². The number of nitrogens with one attached hydrogen (secondary N) is 1. The van der Waals surface area contributed by atoms with Crippen LogP contribution < -0.4 is 10.2 Å². The van der Waals surface area contributed by atoms with E-state index in [2.05, 4.69) is 5.32 Å². The van der Waals surface area contributed by atoms with Crippen LogP contribution in [0.4, 0.5) is 11.4 Å². The second-order valence-corrected chi connectivity index (χ2v) is 5.81. The first-order chi connectivity index (χ1) is 11.6. The number of piperidine rings is 1. The molecule has 7 heteroatoms. The van der Waals surface area contributed by atoms with Crippen molar-refractivity contribution in [2.75, 3.05) is 37.7 Å². The first-order valence-electron chi connectivity index (χ1n) is 8.52. The van der Waals surface area contributed by atoms with Crippen LogP contribution in [-0.4, -0.2) is 43.7 Å². The number of hydrogen-bond acceptors (Lipinski definition) is 5.